The van der Waals surface area contributed by atoms with Crippen molar-refractivity contribution in [2.75, 3.05) is 41.6 Å². The van der Waals surface area contributed by atoms with Crippen LogP contribution in [-0.2, 0) is 14.3 Å². The molecule has 3 aromatic rings. The lowest BCUT2D eigenvalue weighted by Crippen LogP contribution is -2.55. The summed E-state index contributed by atoms with van der Waals surface area (Å²) in [5.41, 5.74) is 3.33. The number of methoxy groups -OCH3 is 1. The number of fused-ring (bicyclic) bond motifs is 1. The topological polar surface area (TPSA) is 138 Å². The zero-order chi connectivity index (χ0) is 35.9. The maximum absolute atomic E-state index is 13.2. The van der Waals surface area contributed by atoms with Gasteiger partial charge in [0.15, 0.2) is 5.82 Å². The molecule has 270 valence electrons. The summed E-state index contributed by atoms with van der Waals surface area (Å²) in [7, 11) is 5.10. The third-order valence-corrected chi connectivity index (χ3v) is 10.2. The van der Waals surface area contributed by atoms with Crippen LogP contribution in [-0.4, -0.2) is 73.2 Å². The molecule has 2 saturated carbocycles. The molecule has 3 N–H and O–H groups in total. The van der Waals surface area contributed by atoms with E-state index in [-0.39, 0.29) is 42.0 Å². The van der Waals surface area contributed by atoms with Crippen molar-refractivity contribution in [3.05, 3.63) is 65.9 Å². The molecule has 0 spiro atoms. The Morgan fingerprint density at radius 3 is 2.45 bits per heavy atom. The van der Waals surface area contributed by atoms with Gasteiger partial charge in [-0.15, -0.1) is 0 Å². The van der Waals surface area contributed by atoms with Crippen molar-refractivity contribution in [3.8, 4) is 5.75 Å². The highest BCUT2D eigenvalue weighted by atomic mass is 16.5. The van der Waals surface area contributed by atoms with Crippen molar-refractivity contribution >= 4 is 52.7 Å². The lowest BCUT2D eigenvalue weighted by Gasteiger charge is -2.43. The van der Waals surface area contributed by atoms with E-state index in [9.17, 15) is 14.4 Å². The molecule has 0 unspecified atom stereocenters. The minimum atomic E-state index is -0.390. The molecule has 0 bridgehead atoms. The first-order valence-electron chi connectivity index (χ1n) is 18.1. The Balaban J connectivity index is 1.09. The van der Waals surface area contributed by atoms with Crippen molar-refractivity contribution < 1.29 is 23.9 Å². The van der Waals surface area contributed by atoms with Gasteiger partial charge in [0.05, 0.1) is 19.0 Å². The van der Waals surface area contributed by atoms with Crippen molar-refractivity contribution in [1.82, 2.24) is 15.3 Å². The first-order chi connectivity index (χ1) is 24.8. The quantitative estimate of drug-likeness (QED) is 0.171. The molecule has 2 aromatic carbocycles. The predicted octanol–water partition coefficient (Wildman–Crippen LogP) is 6.46. The van der Waals surface area contributed by atoms with Crippen LogP contribution < -0.4 is 30.5 Å². The van der Waals surface area contributed by atoms with Crippen molar-refractivity contribution in [3.63, 3.8) is 0 Å². The van der Waals surface area contributed by atoms with Gasteiger partial charge in [0.1, 0.15) is 29.6 Å². The molecule has 0 radical (unpaired) electrons. The molecule has 1 aliphatic heterocycles. The summed E-state index contributed by atoms with van der Waals surface area (Å²) in [5.74, 6) is 1.18. The highest BCUT2D eigenvalue weighted by molar-refractivity contribution is 6.05. The Labute approximate surface area is 300 Å². The molecule has 2 amide bonds. The van der Waals surface area contributed by atoms with Crippen LogP contribution in [0.3, 0.4) is 0 Å². The number of anilines is 5. The van der Waals surface area contributed by atoms with E-state index < -0.39 is 0 Å². The van der Waals surface area contributed by atoms with E-state index in [1.54, 1.807) is 50.5 Å². The lowest BCUT2D eigenvalue weighted by molar-refractivity contribution is -0.151. The summed E-state index contributed by atoms with van der Waals surface area (Å²) in [5, 5.41) is 9.27. The van der Waals surface area contributed by atoms with E-state index >= 15 is 0 Å². The number of nitrogens with one attached hydrogen (secondary N) is 3. The van der Waals surface area contributed by atoms with Crippen LogP contribution in [0.15, 0.2) is 54.7 Å². The Kier molecular flexibility index (Phi) is 11.5. The number of esters is 1. The maximum atomic E-state index is 13.2. The van der Waals surface area contributed by atoms with Gasteiger partial charge in [-0.2, -0.15) is 4.98 Å². The fraction of sp³-hybridized carbons (Fsp3) is 0.462. The average Bonchev–Trinajstić information content (AvgIpc) is 3.87. The molecule has 2 fully saturated rings. The van der Waals surface area contributed by atoms with E-state index in [1.807, 2.05) is 43.3 Å². The van der Waals surface area contributed by atoms with Gasteiger partial charge in [0.2, 0.25) is 11.9 Å². The van der Waals surface area contributed by atoms with Crippen LogP contribution in [0, 0.1) is 0 Å². The Hall–Kier alpha value is -4.97. The minimum Gasteiger partial charge on any atom is -0.495 e. The Bertz CT molecular complexity index is 1730. The SMILES string of the molecule is CC[C@@H]1C(=O)N(C)c2cnc(Nc3ccc(C(=O)Nc4ccc(/C=C/C[C@H](NC)C(=O)OC5CCCC5)cc4)cc3OC)nc2N1C1CCCC1. The number of nitrogens with zero attached hydrogens (tertiary/aromatic N) is 4. The van der Waals surface area contributed by atoms with Crippen molar-refractivity contribution in [2.24, 2.45) is 0 Å². The van der Waals surface area contributed by atoms with Gasteiger partial charge >= 0.3 is 5.97 Å². The predicted molar refractivity (Wildman–Crippen MR) is 200 cm³/mol. The van der Waals surface area contributed by atoms with Gasteiger partial charge in [0, 0.05) is 24.3 Å². The summed E-state index contributed by atoms with van der Waals surface area (Å²) in [6, 6.07) is 12.3. The number of ether oxygens (including phenoxy) is 2. The molecule has 51 heavy (non-hydrogen) atoms. The van der Waals surface area contributed by atoms with Gasteiger partial charge in [0.25, 0.3) is 5.91 Å². The van der Waals surface area contributed by atoms with E-state index in [4.69, 9.17) is 14.5 Å². The Morgan fingerprint density at radius 2 is 1.76 bits per heavy atom. The van der Waals surface area contributed by atoms with Crippen LogP contribution in [0.25, 0.3) is 6.08 Å². The van der Waals surface area contributed by atoms with E-state index in [2.05, 4.69) is 25.8 Å². The van der Waals surface area contributed by atoms with E-state index in [0.717, 1.165) is 62.7 Å². The van der Waals surface area contributed by atoms with Gasteiger partial charge in [-0.05, 0) is 94.3 Å². The fourth-order valence-corrected chi connectivity index (χ4v) is 7.31. The highest BCUT2D eigenvalue weighted by Gasteiger charge is 2.41. The summed E-state index contributed by atoms with van der Waals surface area (Å²) in [4.78, 5) is 52.3. The minimum absolute atomic E-state index is 0.0454. The second-order valence-corrected chi connectivity index (χ2v) is 13.5. The lowest BCUT2D eigenvalue weighted by atomic mass is 10.0. The van der Waals surface area contributed by atoms with Crippen LogP contribution >= 0.6 is 0 Å². The van der Waals surface area contributed by atoms with E-state index in [1.165, 1.54) is 0 Å². The molecule has 3 aliphatic rings. The molecule has 0 saturated heterocycles. The molecular formula is C39H49N7O5. The first kappa shape index (κ1) is 35.8. The van der Waals surface area contributed by atoms with Crippen molar-refractivity contribution in [2.45, 2.75) is 95.4 Å². The zero-order valence-electron chi connectivity index (χ0n) is 30.0. The largest absolute Gasteiger partial charge is 0.495 e. The second-order valence-electron chi connectivity index (χ2n) is 13.5. The van der Waals surface area contributed by atoms with Gasteiger partial charge in [-0.1, -0.05) is 44.1 Å². The molecule has 1 aromatic heterocycles. The monoisotopic (exact) mass is 695 g/mol. The molecule has 12 heteroatoms. The van der Waals surface area contributed by atoms with Crippen LogP contribution in [0.4, 0.5) is 28.8 Å². The number of carbonyl (C=O) groups excluding carboxylic acids is 3. The number of likely N-dealkylation sites (N-methyl/N-ethyl adjacent to an activating group) is 2. The molecule has 2 heterocycles. The molecule has 2 atom stereocenters. The summed E-state index contributed by atoms with van der Waals surface area (Å²) in [6.45, 7) is 2.04. The van der Waals surface area contributed by atoms with Crippen LogP contribution in [0.2, 0.25) is 0 Å². The number of hydrogen-bond donors (Lipinski definition) is 3. The third kappa shape index (κ3) is 8.17. The number of carbonyl (C=O) groups is 3. The summed E-state index contributed by atoms with van der Waals surface area (Å²) < 4.78 is 11.3. The summed E-state index contributed by atoms with van der Waals surface area (Å²) >= 11 is 0. The van der Waals surface area contributed by atoms with E-state index in [0.29, 0.717) is 47.2 Å². The van der Waals surface area contributed by atoms with Gasteiger partial charge in [-0.3, -0.25) is 14.4 Å². The highest BCUT2D eigenvalue weighted by Crippen LogP contribution is 2.40. The first-order valence-corrected chi connectivity index (χ1v) is 18.1. The number of rotatable bonds is 13. The maximum Gasteiger partial charge on any atom is 0.323 e. The van der Waals surface area contributed by atoms with Crippen molar-refractivity contribution in [1.29, 1.82) is 0 Å². The third-order valence-electron chi connectivity index (χ3n) is 10.2. The average molecular weight is 696 g/mol. The summed E-state index contributed by atoms with van der Waals surface area (Å²) in [6.07, 6.45) is 15.4. The van der Waals surface area contributed by atoms with Crippen LogP contribution in [0.1, 0.15) is 87.1 Å². The molecule has 12 nitrogen and oxygen atoms in total. The van der Waals surface area contributed by atoms with Gasteiger partial charge < -0.3 is 35.2 Å². The molecule has 2 aliphatic carbocycles. The molecular weight excluding hydrogens is 646 g/mol. The number of benzene rings is 2. The fourth-order valence-electron chi connectivity index (χ4n) is 7.31. The normalized spacial score (nSPS) is 18.6. The van der Waals surface area contributed by atoms with Gasteiger partial charge in [-0.25, -0.2) is 4.98 Å². The number of hydrogen-bond acceptors (Lipinski definition) is 10. The smallest absolute Gasteiger partial charge is 0.323 e. The Morgan fingerprint density at radius 1 is 1.04 bits per heavy atom. The zero-order valence-corrected chi connectivity index (χ0v) is 30.0. The standard InChI is InChI=1S/C39H49N7O5/c1-5-32-37(48)45(3)33-24-41-39(44-35(33)46(32)28-12-6-7-13-28)43-30-22-19-26(23-34(30)50-4)36(47)42-27-20-17-25(18-21-27)11-10-16-31(40-2)38(49)51-29-14-8-9-15-29/h10-11,17-24,28-29,31-32,40H,5-9,12-16H2,1-4H3,(H,42,47)(H,41,43,44)/b11-10+/t31-,32+/m0/s1. The molecule has 6 rings (SSSR count). The van der Waals surface area contributed by atoms with Crippen LogP contribution in [0.5, 0.6) is 5.75 Å². The number of aromatic nitrogens is 2. The number of amides is 2. The second kappa shape index (κ2) is 16.4.